The third-order valence-electron chi connectivity index (χ3n) is 20.6. The summed E-state index contributed by atoms with van der Waals surface area (Å²) in [6, 6.07) is 0. The van der Waals surface area contributed by atoms with Gasteiger partial charge in [0.2, 0.25) is 0 Å². The van der Waals surface area contributed by atoms with Gasteiger partial charge in [0, 0.05) is 19.3 Å². The lowest BCUT2D eigenvalue weighted by molar-refractivity contribution is -0.161. The molecule has 0 spiro atoms. The van der Waals surface area contributed by atoms with E-state index in [-0.39, 0.29) is 19.3 Å². The highest BCUT2D eigenvalue weighted by atomic mass is 31.2. The molecule has 0 heterocycles. The maximum Gasteiger partial charge on any atom is 0.472 e. The van der Waals surface area contributed by atoms with E-state index >= 15 is 0 Å². The van der Waals surface area contributed by atoms with E-state index in [9.17, 15) is 43.5 Å². The van der Waals surface area contributed by atoms with E-state index in [0.717, 1.165) is 180 Å². The fourth-order valence-electron chi connectivity index (χ4n) is 13.2. The number of unbranched alkanes of at least 4 members (excludes halogenated alkanes) is 39. The van der Waals surface area contributed by atoms with Gasteiger partial charge in [-0.25, -0.2) is 9.13 Å². The van der Waals surface area contributed by atoms with Crippen molar-refractivity contribution in [1.82, 2.24) is 0 Å². The van der Waals surface area contributed by atoms with Crippen LogP contribution in [0.15, 0.2) is 182 Å². The van der Waals surface area contributed by atoms with Crippen molar-refractivity contribution in [3.05, 3.63) is 182 Å². The van der Waals surface area contributed by atoms with Crippen molar-refractivity contribution in [3.63, 3.8) is 0 Å². The van der Waals surface area contributed by atoms with Gasteiger partial charge < -0.3 is 34.2 Å². The van der Waals surface area contributed by atoms with Gasteiger partial charge in [-0.15, -0.1) is 0 Å². The summed E-state index contributed by atoms with van der Waals surface area (Å²) in [4.78, 5) is 59.1. The third-order valence-corrected chi connectivity index (χ3v) is 22.5. The van der Waals surface area contributed by atoms with Crippen molar-refractivity contribution < 1.29 is 75.8 Å². The largest absolute Gasteiger partial charge is 0.472 e. The summed E-state index contributed by atoms with van der Waals surface area (Å²) in [5.74, 6) is -1.58. The minimum atomic E-state index is -4.95. The first-order chi connectivity index (χ1) is 60.2. The summed E-state index contributed by atoms with van der Waals surface area (Å²) >= 11 is 0. The summed E-state index contributed by atoms with van der Waals surface area (Å²) in [6.07, 6.45) is 127. The van der Waals surface area contributed by atoms with Crippen molar-refractivity contribution >= 4 is 33.6 Å². The van der Waals surface area contributed by atoms with E-state index in [0.29, 0.717) is 19.3 Å². The number of phosphoric acid groups is 2. The van der Waals surface area contributed by atoms with E-state index in [2.05, 4.69) is 203 Å². The summed E-state index contributed by atoms with van der Waals surface area (Å²) in [5.41, 5.74) is 0. The minimum Gasteiger partial charge on any atom is -0.463 e. The molecule has 0 aromatic rings. The van der Waals surface area contributed by atoms with Crippen LogP contribution in [0.2, 0.25) is 0 Å². The Morgan fingerprint density at radius 2 is 0.431 bits per heavy atom. The molecule has 0 aliphatic carbocycles. The zero-order valence-electron chi connectivity index (χ0n) is 77.8. The summed E-state index contributed by atoms with van der Waals surface area (Å²) in [5, 5.41) is 20.8. The molecule has 5 atom stereocenters. The molecule has 5 unspecified atom stereocenters. The Morgan fingerprint density at radius 3 is 0.683 bits per heavy atom. The maximum absolute atomic E-state index is 13.1. The minimum absolute atomic E-state index is 0.0877. The van der Waals surface area contributed by atoms with Crippen molar-refractivity contribution in [2.75, 3.05) is 39.6 Å². The van der Waals surface area contributed by atoms with Crippen LogP contribution in [-0.4, -0.2) is 95.9 Å². The number of phosphoric ester groups is 2. The number of rotatable bonds is 92. The Kier molecular flexibility index (Phi) is 91.6. The van der Waals surface area contributed by atoms with E-state index in [1.165, 1.54) is 167 Å². The van der Waals surface area contributed by atoms with Gasteiger partial charge >= 0.3 is 33.6 Å². The number of aliphatic hydroxyl groups is 2. The first kappa shape index (κ1) is 118. The quantitative estimate of drug-likeness (QED) is 0.0146. The highest BCUT2D eigenvalue weighted by Crippen LogP contribution is 2.45. The third kappa shape index (κ3) is 97.1. The summed E-state index contributed by atoms with van der Waals surface area (Å²) < 4.78 is 61.6. The molecule has 123 heavy (non-hydrogen) atoms. The van der Waals surface area contributed by atoms with E-state index < -0.39 is 91.5 Å². The van der Waals surface area contributed by atoms with Crippen LogP contribution in [0.5, 0.6) is 0 Å². The molecule has 0 saturated carbocycles. The van der Waals surface area contributed by atoms with Crippen molar-refractivity contribution in [2.24, 2.45) is 0 Å². The SMILES string of the molecule is CC/C=C\C/C=C\C/C=C\C/C=C\C/C=C\C/C=C\CCCCCCCCCCCCCCCCC(=O)OCC(O)COP(=O)(O)OCC(O)COP(=O)(O)OCC(COC(=O)CCCCCCCCCCCCCCCCC/C=C\C/C=C\C/C=C\C/C=C\CCCCC)OC(=O)CCCCCCCCC/C=C\C/C=C\C/C=C\C/C=C\C/C=C\CC. The fourth-order valence-corrected chi connectivity index (χ4v) is 14.8. The van der Waals surface area contributed by atoms with Gasteiger partial charge in [0.25, 0.3) is 0 Å². The van der Waals surface area contributed by atoms with Gasteiger partial charge in [-0.1, -0.05) is 409 Å². The molecular formula is C105H178O16P2. The number of allylic oxidation sites excluding steroid dienone is 30. The zero-order valence-corrected chi connectivity index (χ0v) is 79.6. The molecular weight excluding hydrogens is 1580 g/mol. The average molecular weight is 1760 g/mol. The Labute approximate surface area is 751 Å². The van der Waals surface area contributed by atoms with Gasteiger partial charge in [0.05, 0.1) is 26.4 Å². The fraction of sp³-hybridized carbons (Fsp3) is 0.686. The molecule has 0 rings (SSSR count). The second-order valence-electron chi connectivity index (χ2n) is 32.5. The molecule has 16 nitrogen and oxygen atoms in total. The van der Waals surface area contributed by atoms with Crippen LogP contribution in [0, 0.1) is 0 Å². The molecule has 0 fully saturated rings. The molecule has 704 valence electrons. The molecule has 4 N–H and O–H groups in total. The average Bonchev–Trinajstić information content (AvgIpc) is 0.898. The number of carbonyl (C=O) groups is 3. The first-order valence-electron chi connectivity index (χ1n) is 49.1. The molecule has 0 saturated heterocycles. The second kappa shape index (κ2) is 95.7. The Bertz CT molecular complexity index is 2970. The van der Waals surface area contributed by atoms with Gasteiger partial charge in [-0.2, -0.15) is 0 Å². The van der Waals surface area contributed by atoms with Crippen LogP contribution in [0.1, 0.15) is 406 Å². The molecule has 0 aliphatic rings. The van der Waals surface area contributed by atoms with Gasteiger partial charge in [0.1, 0.15) is 25.4 Å². The normalized spacial score (nSPS) is 14.5. The molecule has 0 amide bonds. The lowest BCUT2D eigenvalue weighted by atomic mass is 10.0. The maximum atomic E-state index is 13.1. The molecule has 18 heteroatoms. The van der Waals surface area contributed by atoms with Crippen LogP contribution >= 0.6 is 15.6 Å². The van der Waals surface area contributed by atoms with Gasteiger partial charge in [-0.3, -0.25) is 32.5 Å². The number of hydrogen-bond acceptors (Lipinski definition) is 14. The highest BCUT2D eigenvalue weighted by Gasteiger charge is 2.30. The van der Waals surface area contributed by atoms with Crippen LogP contribution in [0.3, 0.4) is 0 Å². The van der Waals surface area contributed by atoms with E-state index in [4.69, 9.17) is 32.3 Å². The molecule has 0 aromatic carbocycles. The van der Waals surface area contributed by atoms with Gasteiger partial charge in [0.15, 0.2) is 6.10 Å². The molecule has 0 radical (unpaired) electrons. The van der Waals surface area contributed by atoms with Crippen molar-refractivity contribution in [3.8, 4) is 0 Å². The number of hydrogen-bond donors (Lipinski definition) is 4. The predicted octanol–water partition coefficient (Wildman–Crippen LogP) is 30.8. The number of ether oxygens (including phenoxy) is 3. The van der Waals surface area contributed by atoms with Crippen LogP contribution in [0.4, 0.5) is 0 Å². The predicted molar refractivity (Wildman–Crippen MR) is 518 cm³/mol. The molecule has 0 aromatic heterocycles. The molecule has 0 aliphatic heterocycles. The molecule has 0 bridgehead atoms. The number of carbonyl (C=O) groups excluding carboxylic acids is 3. The highest BCUT2D eigenvalue weighted by molar-refractivity contribution is 7.47. The van der Waals surface area contributed by atoms with Gasteiger partial charge in [-0.05, 0) is 161 Å². The van der Waals surface area contributed by atoms with Crippen molar-refractivity contribution in [2.45, 2.75) is 424 Å². The number of aliphatic hydroxyl groups excluding tert-OH is 2. The van der Waals surface area contributed by atoms with Crippen molar-refractivity contribution in [1.29, 1.82) is 0 Å². The summed E-state index contributed by atoms with van der Waals surface area (Å²) in [6.45, 7) is 2.47. The van der Waals surface area contributed by atoms with Crippen LogP contribution in [0.25, 0.3) is 0 Å². The van der Waals surface area contributed by atoms with Crippen LogP contribution < -0.4 is 0 Å². The lowest BCUT2D eigenvalue weighted by Gasteiger charge is -2.21. The standard InChI is InChI=1S/C105H178O16P2/c1-4-7-10-13-16-19-22-25-28-31-34-37-40-42-44-46-48-49-51-53-54-56-59-61-64-67-70-73-76-79-82-85-88-91-103(108)115-94-100(106)95-117-122(111,112)118-96-101(107)97-119-123(113,114)120-99-102(121-105(110)93-90-87-84-81-78-75-72-69-66-63-58-39-36-33-30-27-24-21-18-15-12-9-6-3)98-116-104(109)92-89-86-83-80-77-74-71-68-65-62-60-57-55-52-50-47-45-43-41-38-35-32-29-26-23-20-17-14-11-8-5-2/h7,9-10,12,16-21,25-30,34-39,42-45,48-49,63,66,100-102,106-107H,4-6,8,11,13-15,22-24,31-33,40-41,46-47,50-62,64-65,67-99H2,1-3H3,(H,111,112)(H,113,114)/b10-7-,12-9-,19-16-,20-17-,21-18-,28-25-,29-26-,30-27-,37-34-,38-35-,39-36-,44-42-,45-43-,49-48-,66-63-. The Hall–Kier alpha value is -5.35. The number of esters is 3. The first-order valence-corrected chi connectivity index (χ1v) is 52.1. The summed E-state index contributed by atoms with van der Waals surface area (Å²) in [7, 11) is -9.82. The topological polar surface area (TPSA) is 231 Å². The van der Waals surface area contributed by atoms with Crippen LogP contribution in [-0.2, 0) is 55.8 Å². The van der Waals surface area contributed by atoms with E-state index in [1.807, 2.05) is 0 Å². The second-order valence-corrected chi connectivity index (χ2v) is 35.4. The monoisotopic (exact) mass is 1760 g/mol. The zero-order chi connectivity index (χ0) is 89.3. The lowest BCUT2D eigenvalue weighted by Crippen LogP contribution is -2.30. The smallest absolute Gasteiger partial charge is 0.463 e. The Balaban J connectivity index is 4.59. The van der Waals surface area contributed by atoms with E-state index in [1.54, 1.807) is 0 Å². The Morgan fingerprint density at radius 1 is 0.236 bits per heavy atom.